The summed E-state index contributed by atoms with van der Waals surface area (Å²) in [5, 5.41) is 0.513. The smallest absolute Gasteiger partial charge is 0.207 e. The topological polar surface area (TPSA) is 37.4 Å². The van der Waals surface area contributed by atoms with E-state index in [1.807, 2.05) is 0 Å². The molecule has 0 atom stereocenters. The molecule has 1 aromatic carbocycles. The van der Waals surface area contributed by atoms with Gasteiger partial charge in [0.25, 0.3) is 0 Å². The van der Waals surface area contributed by atoms with Gasteiger partial charge in [0.2, 0.25) is 10.0 Å². The van der Waals surface area contributed by atoms with Crippen LogP contribution in [0.3, 0.4) is 0 Å². The predicted molar refractivity (Wildman–Crippen MR) is 80.9 cm³/mol. The van der Waals surface area contributed by atoms with Crippen LogP contribution < -0.4 is 0 Å². The lowest BCUT2D eigenvalue weighted by Crippen LogP contribution is -2.41. The summed E-state index contributed by atoms with van der Waals surface area (Å²) in [4.78, 5) is 0.295. The SMILES string of the molecule is CC1(C)CCN(S(=O)(=O)c2ccc(Cl)c(Br)c2)CC1. The second-order valence-corrected chi connectivity index (χ2v) is 8.84. The molecule has 0 radical (unpaired) electrons. The average Bonchev–Trinajstić information content (AvgIpc) is 2.32. The highest BCUT2D eigenvalue weighted by molar-refractivity contribution is 9.10. The summed E-state index contributed by atoms with van der Waals surface area (Å²) < 4.78 is 27.2. The van der Waals surface area contributed by atoms with Crippen LogP contribution in [0.1, 0.15) is 26.7 Å². The van der Waals surface area contributed by atoms with Crippen LogP contribution in [0.15, 0.2) is 27.6 Å². The van der Waals surface area contributed by atoms with E-state index < -0.39 is 10.0 Å². The first-order valence-electron chi connectivity index (χ1n) is 6.18. The summed E-state index contributed by atoms with van der Waals surface area (Å²) in [7, 11) is -3.41. The molecule has 0 saturated carbocycles. The van der Waals surface area contributed by atoms with Crippen molar-refractivity contribution in [1.29, 1.82) is 0 Å². The third kappa shape index (κ3) is 3.32. The highest BCUT2D eigenvalue weighted by atomic mass is 79.9. The van der Waals surface area contributed by atoms with Crippen LogP contribution in [0.4, 0.5) is 0 Å². The molecule has 2 rings (SSSR count). The van der Waals surface area contributed by atoms with Gasteiger partial charge < -0.3 is 0 Å². The van der Waals surface area contributed by atoms with Crippen molar-refractivity contribution in [2.75, 3.05) is 13.1 Å². The summed E-state index contributed by atoms with van der Waals surface area (Å²) in [5.74, 6) is 0. The van der Waals surface area contributed by atoms with Crippen molar-refractivity contribution in [2.45, 2.75) is 31.6 Å². The van der Waals surface area contributed by atoms with Crippen LogP contribution in [-0.4, -0.2) is 25.8 Å². The van der Waals surface area contributed by atoms with Crippen LogP contribution in [0.5, 0.6) is 0 Å². The Kier molecular flexibility index (Phi) is 4.31. The lowest BCUT2D eigenvalue weighted by molar-refractivity contribution is 0.196. The molecule has 106 valence electrons. The number of hydrogen-bond donors (Lipinski definition) is 0. The zero-order chi connectivity index (χ0) is 14.3. The molecule has 6 heteroatoms. The Labute approximate surface area is 128 Å². The number of halogens is 2. The second kappa shape index (κ2) is 5.35. The number of nitrogens with zero attached hydrogens (tertiary/aromatic N) is 1. The Morgan fingerprint density at radius 3 is 2.37 bits per heavy atom. The van der Waals surface area contributed by atoms with Gasteiger partial charge in [0, 0.05) is 17.6 Å². The van der Waals surface area contributed by atoms with E-state index in [9.17, 15) is 8.42 Å². The monoisotopic (exact) mass is 365 g/mol. The molecule has 1 aromatic rings. The molecule has 1 aliphatic heterocycles. The summed E-state index contributed by atoms with van der Waals surface area (Å²) in [6.45, 7) is 5.51. The zero-order valence-corrected chi connectivity index (χ0v) is 14.1. The molecule has 0 aliphatic carbocycles. The van der Waals surface area contributed by atoms with Gasteiger partial charge in [-0.2, -0.15) is 4.31 Å². The Hall–Kier alpha value is -0.100. The van der Waals surface area contributed by atoms with Gasteiger partial charge in [0.1, 0.15) is 0 Å². The Balaban J connectivity index is 2.25. The molecule has 1 fully saturated rings. The lowest BCUT2D eigenvalue weighted by Gasteiger charge is -2.36. The largest absolute Gasteiger partial charge is 0.243 e. The normalized spacial score (nSPS) is 20.4. The quantitative estimate of drug-likeness (QED) is 0.795. The van der Waals surface area contributed by atoms with E-state index in [4.69, 9.17) is 11.6 Å². The fourth-order valence-corrected chi connectivity index (χ4v) is 4.23. The van der Waals surface area contributed by atoms with E-state index in [2.05, 4.69) is 29.8 Å². The maximum absolute atomic E-state index is 12.5. The second-order valence-electron chi connectivity index (χ2n) is 5.64. The molecule has 0 aromatic heterocycles. The van der Waals surface area contributed by atoms with Gasteiger partial charge in [-0.1, -0.05) is 25.4 Å². The molecule has 1 saturated heterocycles. The first-order chi connectivity index (χ1) is 8.72. The Morgan fingerprint density at radius 1 is 1.26 bits per heavy atom. The van der Waals surface area contributed by atoms with Crippen molar-refractivity contribution >= 4 is 37.6 Å². The van der Waals surface area contributed by atoms with E-state index in [-0.39, 0.29) is 5.41 Å². The maximum atomic E-state index is 12.5. The Morgan fingerprint density at radius 2 is 1.84 bits per heavy atom. The van der Waals surface area contributed by atoms with E-state index >= 15 is 0 Å². The number of benzene rings is 1. The van der Waals surface area contributed by atoms with Crippen molar-refractivity contribution in [3.8, 4) is 0 Å². The van der Waals surface area contributed by atoms with Gasteiger partial charge in [-0.3, -0.25) is 0 Å². The number of piperidine rings is 1. The highest BCUT2D eigenvalue weighted by Gasteiger charge is 2.32. The molecular weight excluding hydrogens is 350 g/mol. The zero-order valence-electron chi connectivity index (χ0n) is 11.0. The minimum atomic E-state index is -3.41. The molecule has 0 amide bonds. The van der Waals surface area contributed by atoms with Gasteiger partial charge in [0.15, 0.2) is 0 Å². The summed E-state index contributed by atoms with van der Waals surface area (Å²) in [6.07, 6.45) is 1.78. The average molecular weight is 367 g/mol. The summed E-state index contributed by atoms with van der Waals surface area (Å²) in [6, 6.07) is 4.73. The molecule has 1 aliphatic rings. The van der Waals surface area contributed by atoms with Crippen molar-refractivity contribution in [2.24, 2.45) is 5.41 Å². The fourth-order valence-electron chi connectivity index (χ4n) is 2.12. The molecule has 19 heavy (non-hydrogen) atoms. The van der Waals surface area contributed by atoms with Crippen molar-refractivity contribution in [3.63, 3.8) is 0 Å². The van der Waals surface area contributed by atoms with E-state index in [0.29, 0.717) is 27.5 Å². The van der Waals surface area contributed by atoms with Crippen LogP contribution in [0.25, 0.3) is 0 Å². The molecule has 0 spiro atoms. The first-order valence-corrected chi connectivity index (χ1v) is 8.79. The summed E-state index contributed by atoms with van der Waals surface area (Å²) in [5.41, 5.74) is 0.229. The van der Waals surface area contributed by atoms with E-state index in [0.717, 1.165) is 12.8 Å². The van der Waals surface area contributed by atoms with Gasteiger partial charge in [0.05, 0.1) is 9.92 Å². The molecule has 1 heterocycles. The predicted octanol–water partition coefficient (Wildman–Crippen LogP) is 3.91. The van der Waals surface area contributed by atoms with Gasteiger partial charge >= 0.3 is 0 Å². The maximum Gasteiger partial charge on any atom is 0.243 e. The van der Waals surface area contributed by atoms with Crippen LogP contribution in [0, 0.1) is 5.41 Å². The number of hydrogen-bond acceptors (Lipinski definition) is 2. The standard InChI is InChI=1S/C13H17BrClNO2S/c1-13(2)5-7-16(8-6-13)19(17,18)10-3-4-12(15)11(14)9-10/h3-4,9H,5-8H2,1-2H3. The third-order valence-corrected chi connectivity index (χ3v) is 6.71. The lowest BCUT2D eigenvalue weighted by atomic mass is 9.83. The van der Waals surface area contributed by atoms with Crippen molar-refractivity contribution in [1.82, 2.24) is 4.31 Å². The molecular formula is C13H17BrClNO2S. The van der Waals surface area contributed by atoms with Crippen LogP contribution >= 0.6 is 27.5 Å². The minimum absolute atomic E-state index is 0.229. The number of sulfonamides is 1. The summed E-state index contributed by atoms with van der Waals surface area (Å²) >= 11 is 9.16. The van der Waals surface area contributed by atoms with E-state index in [1.165, 1.54) is 0 Å². The molecule has 0 unspecified atom stereocenters. The van der Waals surface area contributed by atoms with Crippen LogP contribution in [-0.2, 0) is 10.0 Å². The molecule has 3 nitrogen and oxygen atoms in total. The van der Waals surface area contributed by atoms with Gasteiger partial charge in [-0.15, -0.1) is 0 Å². The fraction of sp³-hybridized carbons (Fsp3) is 0.538. The van der Waals surface area contributed by atoms with Crippen molar-refractivity contribution in [3.05, 3.63) is 27.7 Å². The minimum Gasteiger partial charge on any atom is -0.207 e. The first kappa shape index (κ1) is 15.3. The van der Waals surface area contributed by atoms with Crippen LogP contribution in [0.2, 0.25) is 5.02 Å². The highest BCUT2D eigenvalue weighted by Crippen LogP contribution is 2.33. The Bertz CT molecular complexity index is 576. The van der Waals surface area contributed by atoms with Crippen molar-refractivity contribution < 1.29 is 8.42 Å². The van der Waals surface area contributed by atoms with Gasteiger partial charge in [-0.25, -0.2) is 8.42 Å². The third-order valence-electron chi connectivity index (χ3n) is 3.60. The number of rotatable bonds is 2. The van der Waals surface area contributed by atoms with E-state index in [1.54, 1.807) is 22.5 Å². The molecule has 0 N–H and O–H groups in total. The van der Waals surface area contributed by atoms with Gasteiger partial charge in [-0.05, 0) is 52.4 Å². The molecule has 0 bridgehead atoms.